The standard InChI is InChI=1S/C18H17FN2O2S/c1-12-8-15-4-3-5-17(18(15)20-10-12)24(22,23)21-11-14-7-6-13(2)16(19)9-14/h3-10,21H,11H2,1-2H3. The van der Waals surface area contributed by atoms with Crippen molar-refractivity contribution in [2.45, 2.75) is 25.3 Å². The van der Waals surface area contributed by atoms with Gasteiger partial charge in [-0.2, -0.15) is 0 Å². The maximum atomic E-state index is 13.6. The molecule has 0 unspecified atom stereocenters. The molecule has 0 atom stereocenters. The van der Waals surface area contributed by atoms with Gasteiger partial charge < -0.3 is 0 Å². The smallest absolute Gasteiger partial charge is 0.243 e. The largest absolute Gasteiger partial charge is 0.255 e. The van der Waals surface area contributed by atoms with E-state index in [2.05, 4.69) is 9.71 Å². The molecule has 4 nitrogen and oxygen atoms in total. The number of benzene rings is 2. The second-order valence-electron chi connectivity index (χ2n) is 5.75. The minimum atomic E-state index is -3.76. The highest BCUT2D eigenvalue weighted by Crippen LogP contribution is 2.22. The number of hydrogen-bond acceptors (Lipinski definition) is 3. The van der Waals surface area contributed by atoms with Crippen molar-refractivity contribution >= 4 is 20.9 Å². The average molecular weight is 344 g/mol. The van der Waals surface area contributed by atoms with E-state index >= 15 is 0 Å². The summed E-state index contributed by atoms with van der Waals surface area (Å²) in [5.41, 5.74) is 2.46. The third-order valence-corrected chi connectivity index (χ3v) is 5.24. The third kappa shape index (κ3) is 3.29. The van der Waals surface area contributed by atoms with Crippen LogP contribution in [-0.2, 0) is 16.6 Å². The molecule has 124 valence electrons. The summed E-state index contributed by atoms with van der Waals surface area (Å²) in [6.45, 7) is 3.58. The number of fused-ring (bicyclic) bond motifs is 1. The van der Waals surface area contributed by atoms with Crippen LogP contribution >= 0.6 is 0 Å². The number of nitrogens with zero attached hydrogens (tertiary/aromatic N) is 1. The predicted octanol–water partition coefficient (Wildman–Crippen LogP) is 3.47. The SMILES string of the molecule is Cc1cnc2c(S(=O)(=O)NCc3ccc(C)c(F)c3)cccc2c1. The van der Waals surface area contributed by atoms with E-state index in [1.165, 1.54) is 12.1 Å². The first kappa shape index (κ1) is 16.5. The fourth-order valence-corrected chi connectivity index (χ4v) is 3.66. The van der Waals surface area contributed by atoms with E-state index in [1.807, 2.05) is 19.1 Å². The van der Waals surface area contributed by atoms with E-state index in [1.54, 1.807) is 31.3 Å². The molecule has 3 aromatic rings. The summed E-state index contributed by atoms with van der Waals surface area (Å²) in [5.74, 6) is -0.353. The van der Waals surface area contributed by atoms with Crippen molar-refractivity contribution in [1.29, 1.82) is 0 Å². The molecule has 0 radical (unpaired) electrons. The van der Waals surface area contributed by atoms with Crippen LogP contribution in [0.3, 0.4) is 0 Å². The lowest BCUT2D eigenvalue weighted by Gasteiger charge is -2.10. The van der Waals surface area contributed by atoms with Gasteiger partial charge in [-0.1, -0.05) is 24.3 Å². The minimum absolute atomic E-state index is 0.0157. The molecule has 3 rings (SSSR count). The fraction of sp³-hybridized carbons (Fsp3) is 0.167. The number of halogens is 1. The van der Waals surface area contributed by atoms with Crippen LogP contribution in [-0.4, -0.2) is 13.4 Å². The van der Waals surface area contributed by atoms with Gasteiger partial charge in [0.25, 0.3) is 0 Å². The number of aryl methyl sites for hydroxylation is 2. The van der Waals surface area contributed by atoms with Crippen molar-refractivity contribution in [3.63, 3.8) is 0 Å². The van der Waals surface area contributed by atoms with Crippen LogP contribution in [0.15, 0.2) is 53.6 Å². The van der Waals surface area contributed by atoms with Crippen molar-refractivity contribution in [2.75, 3.05) is 0 Å². The van der Waals surface area contributed by atoms with Gasteiger partial charge in [0, 0.05) is 18.1 Å². The molecular weight excluding hydrogens is 327 g/mol. The van der Waals surface area contributed by atoms with E-state index in [9.17, 15) is 12.8 Å². The zero-order valence-electron chi connectivity index (χ0n) is 13.4. The minimum Gasteiger partial charge on any atom is -0.255 e. The summed E-state index contributed by atoms with van der Waals surface area (Å²) in [6, 6.07) is 11.6. The summed E-state index contributed by atoms with van der Waals surface area (Å²) in [6.07, 6.45) is 1.64. The summed E-state index contributed by atoms with van der Waals surface area (Å²) >= 11 is 0. The van der Waals surface area contributed by atoms with E-state index in [0.29, 0.717) is 16.6 Å². The summed E-state index contributed by atoms with van der Waals surface area (Å²) in [5, 5.41) is 0.763. The Kier molecular flexibility index (Phi) is 4.34. The first-order chi connectivity index (χ1) is 11.4. The van der Waals surface area contributed by atoms with Crippen LogP contribution < -0.4 is 4.72 Å². The van der Waals surface area contributed by atoms with Crippen LogP contribution in [0.25, 0.3) is 10.9 Å². The van der Waals surface area contributed by atoms with Crippen LogP contribution in [0.2, 0.25) is 0 Å². The molecule has 1 aromatic heterocycles. The third-order valence-electron chi connectivity index (χ3n) is 3.80. The van der Waals surface area contributed by atoms with Gasteiger partial charge in [-0.25, -0.2) is 17.5 Å². The molecule has 2 aromatic carbocycles. The number of para-hydroxylation sites is 1. The van der Waals surface area contributed by atoms with Gasteiger partial charge in [0.05, 0.1) is 5.52 Å². The summed E-state index contributed by atoms with van der Waals surface area (Å²) < 4.78 is 41.3. The van der Waals surface area contributed by atoms with Crippen LogP contribution in [0, 0.1) is 19.7 Å². The molecule has 1 heterocycles. The second kappa shape index (κ2) is 6.30. The molecule has 0 amide bonds. The molecule has 0 aliphatic heterocycles. The Morgan fingerprint density at radius 1 is 1.12 bits per heavy atom. The van der Waals surface area contributed by atoms with Crippen LogP contribution in [0.5, 0.6) is 0 Å². The van der Waals surface area contributed by atoms with Crippen molar-refractivity contribution in [1.82, 2.24) is 9.71 Å². The van der Waals surface area contributed by atoms with E-state index in [-0.39, 0.29) is 17.3 Å². The van der Waals surface area contributed by atoms with Gasteiger partial charge in [0.15, 0.2) is 0 Å². The molecule has 24 heavy (non-hydrogen) atoms. The molecular formula is C18H17FN2O2S. The fourth-order valence-electron chi connectivity index (χ4n) is 2.46. The molecule has 0 aliphatic rings. The molecule has 0 saturated carbocycles. The van der Waals surface area contributed by atoms with Crippen molar-refractivity contribution in [3.05, 3.63) is 71.2 Å². The highest BCUT2D eigenvalue weighted by atomic mass is 32.2. The van der Waals surface area contributed by atoms with Crippen molar-refractivity contribution in [3.8, 4) is 0 Å². The van der Waals surface area contributed by atoms with E-state index in [0.717, 1.165) is 10.9 Å². The predicted molar refractivity (Wildman–Crippen MR) is 91.6 cm³/mol. The Morgan fingerprint density at radius 3 is 2.67 bits per heavy atom. The van der Waals surface area contributed by atoms with Crippen molar-refractivity contribution in [2.24, 2.45) is 0 Å². The van der Waals surface area contributed by atoms with Gasteiger partial charge in [0.2, 0.25) is 10.0 Å². The number of aromatic nitrogens is 1. The van der Waals surface area contributed by atoms with Gasteiger partial charge in [-0.05, 0) is 48.7 Å². The number of hydrogen-bond donors (Lipinski definition) is 1. The van der Waals surface area contributed by atoms with Crippen LogP contribution in [0.4, 0.5) is 4.39 Å². The van der Waals surface area contributed by atoms with Gasteiger partial charge in [-0.3, -0.25) is 4.98 Å². The zero-order valence-corrected chi connectivity index (χ0v) is 14.2. The maximum absolute atomic E-state index is 13.6. The Bertz CT molecular complexity index is 1020. The number of rotatable bonds is 4. The summed E-state index contributed by atoms with van der Waals surface area (Å²) in [4.78, 5) is 4.37. The van der Waals surface area contributed by atoms with Gasteiger partial charge in [0.1, 0.15) is 10.7 Å². The molecule has 0 fully saturated rings. The average Bonchev–Trinajstić information content (AvgIpc) is 2.55. The van der Waals surface area contributed by atoms with Crippen LogP contribution in [0.1, 0.15) is 16.7 Å². The summed E-state index contributed by atoms with van der Waals surface area (Å²) in [7, 11) is -3.76. The normalized spacial score (nSPS) is 11.8. The Hall–Kier alpha value is -2.31. The maximum Gasteiger partial charge on any atom is 0.243 e. The topological polar surface area (TPSA) is 59.1 Å². The van der Waals surface area contributed by atoms with E-state index < -0.39 is 10.0 Å². The van der Waals surface area contributed by atoms with Gasteiger partial charge in [-0.15, -0.1) is 0 Å². The first-order valence-corrected chi connectivity index (χ1v) is 8.95. The quantitative estimate of drug-likeness (QED) is 0.788. The molecule has 0 bridgehead atoms. The second-order valence-corrected chi connectivity index (χ2v) is 7.48. The Labute approximate surface area is 140 Å². The lowest BCUT2D eigenvalue weighted by atomic mass is 10.1. The first-order valence-electron chi connectivity index (χ1n) is 7.47. The molecule has 0 aliphatic carbocycles. The lowest BCUT2D eigenvalue weighted by molar-refractivity contribution is 0.580. The Balaban J connectivity index is 1.92. The highest BCUT2D eigenvalue weighted by molar-refractivity contribution is 7.89. The number of nitrogens with one attached hydrogen (secondary N) is 1. The molecule has 1 N–H and O–H groups in total. The van der Waals surface area contributed by atoms with Crippen molar-refractivity contribution < 1.29 is 12.8 Å². The highest BCUT2D eigenvalue weighted by Gasteiger charge is 2.18. The zero-order chi connectivity index (χ0) is 17.3. The molecule has 6 heteroatoms. The molecule has 0 saturated heterocycles. The van der Waals surface area contributed by atoms with E-state index in [4.69, 9.17) is 0 Å². The number of sulfonamides is 1. The van der Waals surface area contributed by atoms with Gasteiger partial charge >= 0.3 is 0 Å². The lowest BCUT2D eigenvalue weighted by Crippen LogP contribution is -2.23. The molecule has 0 spiro atoms. The Morgan fingerprint density at radius 2 is 1.92 bits per heavy atom. The number of pyridine rings is 1. The monoisotopic (exact) mass is 344 g/mol.